The topological polar surface area (TPSA) is 67.2 Å². The van der Waals surface area contributed by atoms with Crippen molar-refractivity contribution in [2.75, 3.05) is 18.0 Å². The van der Waals surface area contributed by atoms with Crippen LogP contribution in [0.4, 0.5) is 5.13 Å². The van der Waals surface area contributed by atoms with Crippen LogP contribution >= 0.6 is 11.3 Å². The molecule has 0 bridgehead atoms. The van der Waals surface area contributed by atoms with Crippen LogP contribution in [0.25, 0.3) is 0 Å². The fourth-order valence-corrected chi connectivity index (χ4v) is 4.76. The van der Waals surface area contributed by atoms with Crippen molar-refractivity contribution in [1.29, 1.82) is 0 Å². The molecular formula is C15H20N6OS. The Hall–Kier alpha value is -1.96. The van der Waals surface area contributed by atoms with E-state index >= 15 is 0 Å². The summed E-state index contributed by atoms with van der Waals surface area (Å²) >= 11 is 1.69. The van der Waals surface area contributed by atoms with E-state index in [0.29, 0.717) is 18.0 Å². The van der Waals surface area contributed by atoms with Crippen LogP contribution < -0.4 is 4.90 Å². The Bertz CT molecular complexity index is 658. The van der Waals surface area contributed by atoms with Gasteiger partial charge in [0.2, 0.25) is 5.91 Å². The van der Waals surface area contributed by atoms with Crippen LogP contribution in [-0.4, -0.2) is 55.7 Å². The van der Waals surface area contributed by atoms with Crippen LogP contribution in [-0.2, 0) is 11.3 Å². The molecule has 2 aromatic rings. The second kappa shape index (κ2) is 5.92. The highest BCUT2D eigenvalue weighted by molar-refractivity contribution is 7.13. The zero-order valence-corrected chi connectivity index (χ0v) is 13.9. The van der Waals surface area contributed by atoms with E-state index in [1.54, 1.807) is 30.9 Å². The molecule has 1 amide bonds. The van der Waals surface area contributed by atoms with Gasteiger partial charge in [0.25, 0.3) is 0 Å². The van der Waals surface area contributed by atoms with E-state index in [1.807, 2.05) is 21.2 Å². The molecule has 0 aliphatic carbocycles. The minimum absolute atomic E-state index is 0.184. The number of piperidine rings is 1. The van der Waals surface area contributed by atoms with Crippen LogP contribution in [0.15, 0.2) is 24.2 Å². The molecule has 0 aromatic carbocycles. The molecule has 3 atom stereocenters. The minimum atomic E-state index is 0.184. The number of nitrogens with zero attached hydrogens (tertiary/aromatic N) is 6. The Morgan fingerprint density at radius 3 is 3.09 bits per heavy atom. The predicted molar refractivity (Wildman–Crippen MR) is 87.2 cm³/mol. The van der Waals surface area contributed by atoms with Gasteiger partial charge in [-0.15, -0.1) is 11.3 Å². The number of hydrogen-bond acceptors (Lipinski definition) is 6. The maximum atomic E-state index is 11.7. The molecule has 0 unspecified atom stereocenters. The van der Waals surface area contributed by atoms with Gasteiger partial charge in [-0.1, -0.05) is 0 Å². The molecule has 4 heterocycles. The standard InChI is InChI=1S/C15H20N6OS/c1-11(22)19-4-2-14-12(7-19)6-13(8-20-10-16-9-18-20)21(14)15-17-3-5-23-15/h3,5,9-10,12-14H,2,4,6-8H2,1H3/t12-,13+,14+/m0/s1. The quantitative estimate of drug-likeness (QED) is 0.846. The first-order valence-electron chi connectivity index (χ1n) is 7.98. The van der Waals surface area contributed by atoms with E-state index < -0.39 is 0 Å². The van der Waals surface area contributed by atoms with E-state index in [4.69, 9.17) is 0 Å². The van der Waals surface area contributed by atoms with Crippen LogP contribution in [0.3, 0.4) is 0 Å². The lowest BCUT2D eigenvalue weighted by atomic mass is 9.92. The van der Waals surface area contributed by atoms with E-state index in [9.17, 15) is 4.79 Å². The molecule has 0 spiro atoms. The van der Waals surface area contributed by atoms with Gasteiger partial charge in [0.1, 0.15) is 12.7 Å². The highest BCUT2D eigenvalue weighted by atomic mass is 32.1. The molecule has 122 valence electrons. The molecule has 8 heteroatoms. The number of carbonyl (C=O) groups excluding carboxylic acids is 1. The van der Waals surface area contributed by atoms with Crippen LogP contribution in [0.5, 0.6) is 0 Å². The van der Waals surface area contributed by atoms with Gasteiger partial charge >= 0.3 is 0 Å². The zero-order valence-electron chi connectivity index (χ0n) is 13.1. The third-order valence-electron chi connectivity index (χ3n) is 4.97. The average Bonchev–Trinajstić information content (AvgIpc) is 3.26. The van der Waals surface area contributed by atoms with Gasteiger partial charge in [0, 0.05) is 37.6 Å². The Kier molecular flexibility index (Phi) is 3.76. The monoisotopic (exact) mass is 332 g/mol. The largest absolute Gasteiger partial charge is 0.343 e. The molecule has 2 aliphatic heterocycles. The Labute approximate surface area is 138 Å². The van der Waals surface area contributed by atoms with E-state index in [-0.39, 0.29) is 5.91 Å². The third-order valence-corrected chi connectivity index (χ3v) is 5.75. The van der Waals surface area contributed by atoms with Crippen molar-refractivity contribution in [3.8, 4) is 0 Å². The first kappa shape index (κ1) is 14.6. The molecule has 2 aromatic heterocycles. The van der Waals surface area contributed by atoms with Gasteiger partial charge in [-0.3, -0.25) is 9.48 Å². The number of hydrogen-bond donors (Lipinski definition) is 0. The number of anilines is 1. The lowest BCUT2D eigenvalue weighted by Gasteiger charge is -2.38. The Morgan fingerprint density at radius 1 is 1.48 bits per heavy atom. The van der Waals surface area contributed by atoms with Crippen molar-refractivity contribution >= 4 is 22.4 Å². The van der Waals surface area contributed by atoms with E-state index in [1.165, 1.54) is 0 Å². The molecule has 0 saturated carbocycles. The maximum absolute atomic E-state index is 11.7. The number of carbonyl (C=O) groups is 1. The summed E-state index contributed by atoms with van der Waals surface area (Å²) < 4.78 is 1.89. The average molecular weight is 332 g/mol. The maximum Gasteiger partial charge on any atom is 0.219 e. The predicted octanol–water partition coefficient (Wildman–Crippen LogP) is 1.25. The van der Waals surface area contributed by atoms with Crippen molar-refractivity contribution in [2.24, 2.45) is 5.92 Å². The van der Waals surface area contributed by atoms with Crippen molar-refractivity contribution in [2.45, 2.75) is 38.4 Å². The fraction of sp³-hybridized carbons (Fsp3) is 0.600. The summed E-state index contributed by atoms with van der Waals surface area (Å²) in [5.74, 6) is 0.689. The minimum Gasteiger partial charge on any atom is -0.343 e. The number of rotatable bonds is 3. The van der Waals surface area contributed by atoms with Crippen LogP contribution in [0.2, 0.25) is 0 Å². The van der Waals surface area contributed by atoms with E-state index in [2.05, 4.69) is 20.0 Å². The summed E-state index contributed by atoms with van der Waals surface area (Å²) in [6.07, 6.45) is 7.28. The molecule has 7 nitrogen and oxygen atoms in total. The Morgan fingerprint density at radius 2 is 2.39 bits per heavy atom. The summed E-state index contributed by atoms with van der Waals surface area (Å²) in [4.78, 5) is 24.8. The fourth-order valence-electron chi connectivity index (χ4n) is 3.98. The molecule has 2 fully saturated rings. The van der Waals surface area contributed by atoms with Gasteiger partial charge in [0.05, 0.1) is 12.6 Å². The first-order valence-corrected chi connectivity index (χ1v) is 8.86. The van der Waals surface area contributed by atoms with Gasteiger partial charge in [-0.05, 0) is 18.8 Å². The number of thiazole rings is 1. The zero-order chi connectivity index (χ0) is 15.8. The second-order valence-corrected chi connectivity index (χ2v) is 7.18. The highest BCUT2D eigenvalue weighted by Gasteiger charge is 2.45. The van der Waals surface area contributed by atoms with Crippen molar-refractivity contribution < 1.29 is 4.79 Å². The van der Waals surface area contributed by atoms with Crippen molar-refractivity contribution in [3.05, 3.63) is 24.2 Å². The molecule has 2 aliphatic rings. The summed E-state index contributed by atoms with van der Waals surface area (Å²) in [5.41, 5.74) is 0. The first-order chi connectivity index (χ1) is 11.2. The summed E-state index contributed by atoms with van der Waals surface area (Å²) in [7, 11) is 0. The highest BCUT2D eigenvalue weighted by Crippen LogP contribution is 2.40. The number of likely N-dealkylation sites (tertiary alicyclic amines) is 1. The molecule has 0 N–H and O–H groups in total. The molecule has 0 radical (unpaired) electrons. The number of aromatic nitrogens is 4. The lowest BCUT2D eigenvalue weighted by Crippen LogP contribution is -2.48. The normalized spacial score (nSPS) is 27.3. The van der Waals surface area contributed by atoms with Gasteiger partial charge in [-0.25, -0.2) is 9.97 Å². The lowest BCUT2D eigenvalue weighted by molar-refractivity contribution is -0.130. The SMILES string of the molecule is CC(=O)N1CC[C@@H]2[C@@H](C[C@H](Cn3cncn3)N2c2nccs2)C1. The molecule has 2 saturated heterocycles. The summed E-state index contributed by atoms with van der Waals surface area (Å²) in [6.45, 7) is 4.18. The smallest absolute Gasteiger partial charge is 0.219 e. The van der Waals surface area contributed by atoms with Gasteiger partial charge in [-0.2, -0.15) is 5.10 Å². The van der Waals surface area contributed by atoms with E-state index in [0.717, 1.165) is 37.6 Å². The number of fused-ring (bicyclic) bond motifs is 1. The molecular weight excluding hydrogens is 312 g/mol. The molecule has 23 heavy (non-hydrogen) atoms. The summed E-state index contributed by atoms with van der Waals surface area (Å²) in [6, 6.07) is 0.815. The van der Waals surface area contributed by atoms with Crippen LogP contribution in [0, 0.1) is 5.92 Å². The van der Waals surface area contributed by atoms with Gasteiger partial charge in [0.15, 0.2) is 5.13 Å². The summed E-state index contributed by atoms with van der Waals surface area (Å²) in [5, 5.41) is 7.36. The second-order valence-electron chi connectivity index (χ2n) is 6.31. The van der Waals surface area contributed by atoms with Crippen molar-refractivity contribution in [1.82, 2.24) is 24.6 Å². The van der Waals surface area contributed by atoms with Crippen LogP contribution in [0.1, 0.15) is 19.8 Å². The van der Waals surface area contributed by atoms with Crippen molar-refractivity contribution in [3.63, 3.8) is 0 Å². The third kappa shape index (κ3) is 2.71. The molecule has 4 rings (SSSR count). The van der Waals surface area contributed by atoms with Gasteiger partial charge < -0.3 is 9.80 Å². The number of amides is 1. The Balaban J connectivity index is 1.59.